The van der Waals surface area contributed by atoms with Gasteiger partial charge in [0.1, 0.15) is 5.75 Å². The number of fused-ring (bicyclic) bond motifs is 1. The summed E-state index contributed by atoms with van der Waals surface area (Å²) in [5.74, 6) is -0.490. The predicted octanol–water partition coefficient (Wildman–Crippen LogP) is 3.67. The zero-order valence-electron chi connectivity index (χ0n) is 15.4. The molecule has 0 aromatic heterocycles. The predicted molar refractivity (Wildman–Crippen MR) is 100.0 cm³/mol. The highest BCUT2D eigenvalue weighted by molar-refractivity contribution is 5.98. The Balaban J connectivity index is 2.10. The van der Waals surface area contributed by atoms with Crippen molar-refractivity contribution in [1.29, 1.82) is 0 Å². The fourth-order valence-corrected chi connectivity index (χ4v) is 3.19. The first kappa shape index (κ1) is 18.7. The quantitative estimate of drug-likeness (QED) is 0.840. The van der Waals surface area contributed by atoms with Gasteiger partial charge in [0.15, 0.2) is 11.6 Å². The van der Waals surface area contributed by atoms with Gasteiger partial charge in [0.2, 0.25) is 11.8 Å². The molecule has 0 unspecified atom stereocenters. The fourth-order valence-electron chi connectivity index (χ4n) is 3.19. The third-order valence-corrected chi connectivity index (χ3v) is 4.58. The van der Waals surface area contributed by atoms with Gasteiger partial charge in [-0.25, -0.2) is 4.39 Å². The molecule has 0 aliphatic carbocycles. The number of halogens is 1. The zero-order chi connectivity index (χ0) is 19.6. The Labute approximate surface area is 156 Å². The molecule has 2 aromatic rings. The molecule has 142 valence electrons. The Hall–Kier alpha value is -3.09. The standard InChI is InChI=1S/C20H21FN2O4/c1-4-19(24)23-16-8-13-12(11-5-6-14(21)17(7-11)26-2)9-20(25)22-15(13)10-18(16)27-3/h5-8,10,12H,4,9H2,1-3H3,(H,22,25)(H,23,24)/t12-/m1/s1. The first-order valence-electron chi connectivity index (χ1n) is 8.61. The lowest BCUT2D eigenvalue weighted by atomic mass is 9.84. The van der Waals surface area contributed by atoms with E-state index in [0.717, 1.165) is 11.1 Å². The van der Waals surface area contributed by atoms with E-state index in [0.29, 0.717) is 23.5 Å². The molecule has 2 aromatic carbocycles. The van der Waals surface area contributed by atoms with Gasteiger partial charge in [0.05, 0.1) is 19.9 Å². The Morgan fingerprint density at radius 3 is 2.63 bits per heavy atom. The largest absolute Gasteiger partial charge is 0.494 e. The first-order valence-corrected chi connectivity index (χ1v) is 8.61. The van der Waals surface area contributed by atoms with E-state index in [1.54, 1.807) is 31.2 Å². The minimum Gasteiger partial charge on any atom is -0.494 e. The monoisotopic (exact) mass is 372 g/mol. The second kappa shape index (κ2) is 7.65. The number of amides is 2. The summed E-state index contributed by atoms with van der Waals surface area (Å²) in [4.78, 5) is 24.1. The maximum absolute atomic E-state index is 13.8. The van der Waals surface area contributed by atoms with E-state index in [-0.39, 0.29) is 29.9 Å². The molecule has 2 amide bonds. The molecule has 0 spiro atoms. The van der Waals surface area contributed by atoms with Gasteiger partial charge in [-0.05, 0) is 29.3 Å². The molecule has 0 saturated carbocycles. The molecule has 0 bridgehead atoms. The lowest BCUT2D eigenvalue weighted by Crippen LogP contribution is -2.24. The van der Waals surface area contributed by atoms with E-state index in [9.17, 15) is 14.0 Å². The van der Waals surface area contributed by atoms with Crippen LogP contribution >= 0.6 is 0 Å². The number of hydrogen-bond acceptors (Lipinski definition) is 4. The maximum Gasteiger partial charge on any atom is 0.225 e. The van der Waals surface area contributed by atoms with Crippen LogP contribution in [-0.2, 0) is 9.59 Å². The van der Waals surface area contributed by atoms with Crippen molar-refractivity contribution in [2.75, 3.05) is 24.9 Å². The number of nitrogens with one attached hydrogen (secondary N) is 2. The van der Waals surface area contributed by atoms with Crippen LogP contribution in [0, 0.1) is 5.82 Å². The smallest absolute Gasteiger partial charge is 0.225 e. The van der Waals surface area contributed by atoms with Gasteiger partial charge in [0, 0.05) is 30.5 Å². The molecule has 0 fully saturated rings. The lowest BCUT2D eigenvalue weighted by Gasteiger charge is -2.28. The Kier molecular flexibility index (Phi) is 5.30. The van der Waals surface area contributed by atoms with E-state index in [2.05, 4.69) is 10.6 Å². The molecule has 1 aliphatic rings. The van der Waals surface area contributed by atoms with Crippen LogP contribution in [0.3, 0.4) is 0 Å². The number of carbonyl (C=O) groups excluding carboxylic acids is 2. The highest BCUT2D eigenvalue weighted by Gasteiger charge is 2.29. The van der Waals surface area contributed by atoms with Gasteiger partial charge in [0.25, 0.3) is 0 Å². The summed E-state index contributed by atoms with van der Waals surface area (Å²) in [5, 5.41) is 5.65. The van der Waals surface area contributed by atoms with Crippen molar-refractivity contribution < 1.29 is 23.5 Å². The summed E-state index contributed by atoms with van der Waals surface area (Å²) in [7, 11) is 2.89. The number of methoxy groups -OCH3 is 2. The van der Waals surface area contributed by atoms with E-state index in [1.807, 2.05) is 0 Å². The summed E-state index contributed by atoms with van der Waals surface area (Å²) < 4.78 is 24.2. The van der Waals surface area contributed by atoms with Gasteiger partial charge in [-0.3, -0.25) is 9.59 Å². The van der Waals surface area contributed by atoms with Gasteiger partial charge >= 0.3 is 0 Å². The molecular weight excluding hydrogens is 351 g/mol. The molecule has 1 aliphatic heterocycles. The molecule has 6 nitrogen and oxygen atoms in total. The number of carbonyl (C=O) groups is 2. The fraction of sp³-hybridized carbons (Fsp3) is 0.300. The van der Waals surface area contributed by atoms with Crippen LogP contribution in [0.5, 0.6) is 11.5 Å². The minimum absolute atomic E-state index is 0.119. The van der Waals surface area contributed by atoms with Crippen molar-refractivity contribution in [3.05, 3.63) is 47.3 Å². The van der Waals surface area contributed by atoms with E-state index in [4.69, 9.17) is 9.47 Å². The van der Waals surface area contributed by atoms with Crippen LogP contribution in [-0.4, -0.2) is 26.0 Å². The first-order chi connectivity index (χ1) is 13.0. The average molecular weight is 372 g/mol. The number of rotatable bonds is 5. The van der Waals surface area contributed by atoms with Crippen molar-refractivity contribution >= 4 is 23.2 Å². The van der Waals surface area contributed by atoms with Gasteiger partial charge in [-0.2, -0.15) is 0 Å². The molecule has 1 atom stereocenters. The van der Waals surface area contributed by atoms with Crippen molar-refractivity contribution in [2.45, 2.75) is 25.7 Å². The van der Waals surface area contributed by atoms with Crippen LogP contribution in [0.1, 0.15) is 36.8 Å². The summed E-state index contributed by atoms with van der Waals surface area (Å²) in [5.41, 5.74) is 2.70. The van der Waals surface area contributed by atoms with Crippen molar-refractivity contribution in [1.82, 2.24) is 0 Å². The summed E-state index contributed by atoms with van der Waals surface area (Å²) in [6, 6.07) is 8.03. The number of anilines is 2. The Morgan fingerprint density at radius 2 is 1.96 bits per heavy atom. The van der Waals surface area contributed by atoms with Crippen LogP contribution in [0.2, 0.25) is 0 Å². The molecule has 0 saturated heterocycles. The molecule has 0 radical (unpaired) electrons. The van der Waals surface area contributed by atoms with Crippen LogP contribution in [0.25, 0.3) is 0 Å². The van der Waals surface area contributed by atoms with Gasteiger partial charge in [-0.15, -0.1) is 0 Å². The van der Waals surface area contributed by atoms with Crippen LogP contribution in [0.4, 0.5) is 15.8 Å². The lowest BCUT2D eigenvalue weighted by molar-refractivity contribution is -0.117. The van der Waals surface area contributed by atoms with E-state index in [1.165, 1.54) is 20.3 Å². The average Bonchev–Trinajstić information content (AvgIpc) is 2.67. The Bertz CT molecular complexity index is 898. The second-order valence-electron chi connectivity index (χ2n) is 6.24. The molecule has 2 N–H and O–H groups in total. The SMILES string of the molecule is CCC(=O)Nc1cc2c(cc1OC)NC(=O)C[C@@H]2c1ccc(F)c(OC)c1. The third-order valence-electron chi connectivity index (χ3n) is 4.58. The normalized spacial score (nSPS) is 15.6. The topological polar surface area (TPSA) is 76.7 Å². The van der Waals surface area contributed by atoms with Crippen LogP contribution in [0.15, 0.2) is 30.3 Å². The second-order valence-corrected chi connectivity index (χ2v) is 6.24. The van der Waals surface area contributed by atoms with Crippen molar-refractivity contribution in [3.63, 3.8) is 0 Å². The molecule has 27 heavy (non-hydrogen) atoms. The van der Waals surface area contributed by atoms with E-state index < -0.39 is 5.82 Å². The number of benzene rings is 2. The highest BCUT2D eigenvalue weighted by Crippen LogP contribution is 2.43. The Morgan fingerprint density at radius 1 is 1.22 bits per heavy atom. The minimum atomic E-state index is -0.465. The third kappa shape index (κ3) is 3.72. The van der Waals surface area contributed by atoms with Crippen molar-refractivity contribution in [2.24, 2.45) is 0 Å². The molecular formula is C20H21FN2O4. The summed E-state index contributed by atoms with van der Waals surface area (Å²) >= 11 is 0. The highest BCUT2D eigenvalue weighted by atomic mass is 19.1. The molecule has 1 heterocycles. The van der Waals surface area contributed by atoms with Crippen LogP contribution < -0.4 is 20.1 Å². The van der Waals surface area contributed by atoms with Crippen molar-refractivity contribution in [3.8, 4) is 11.5 Å². The van der Waals surface area contributed by atoms with Gasteiger partial charge < -0.3 is 20.1 Å². The summed E-state index contributed by atoms with van der Waals surface area (Å²) in [6.07, 6.45) is 0.533. The zero-order valence-corrected chi connectivity index (χ0v) is 15.4. The molecule has 3 rings (SSSR count). The van der Waals surface area contributed by atoms with E-state index >= 15 is 0 Å². The van der Waals surface area contributed by atoms with Gasteiger partial charge in [-0.1, -0.05) is 13.0 Å². The molecule has 7 heteroatoms. The number of hydrogen-bond donors (Lipinski definition) is 2. The summed E-state index contributed by atoms with van der Waals surface area (Å²) in [6.45, 7) is 1.76. The number of ether oxygens (including phenoxy) is 2. The maximum atomic E-state index is 13.8.